The lowest BCUT2D eigenvalue weighted by atomic mass is 9.96. The third-order valence-corrected chi connectivity index (χ3v) is 3.67. The van der Waals surface area contributed by atoms with Gasteiger partial charge in [0.1, 0.15) is 0 Å². The van der Waals surface area contributed by atoms with E-state index in [1.54, 1.807) is 6.07 Å². The van der Waals surface area contributed by atoms with Gasteiger partial charge in [-0.15, -0.1) is 10.2 Å². The van der Waals surface area contributed by atoms with Gasteiger partial charge >= 0.3 is 0 Å². The van der Waals surface area contributed by atoms with E-state index in [1.807, 2.05) is 6.07 Å². The van der Waals surface area contributed by atoms with Gasteiger partial charge in [-0.05, 0) is 51.7 Å². The van der Waals surface area contributed by atoms with Crippen LogP contribution >= 0.6 is 0 Å². The molecule has 1 fully saturated rings. The number of nitrogens with two attached hydrogens (primary N) is 1. The average Bonchev–Trinajstić information content (AvgIpc) is 2.45. The maximum atomic E-state index is 11.0. The largest absolute Gasteiger partial charge is 0.364 e. The van der Waals surface area contributed by atoms with E-state index in [2.05, 4.69) is 41.2 Å². The quantitative estimate of drug-likeness (QED) is 0.870. The first kappa shape index (κ1) is 15.7. The Hall–Kier alpha value is -1.69. The van der Waals surface area contributed by atoms with Crippen LogP contribution in [0.3, 0.4) is 0 Å². The van der Waals surface area contributed by atoms with Gasteiger partial charge in [0.25, 0.3) is 5.91 Å². The lowest BCUT2D eigenvalue weighted by Crippen LogP contribution is -2.45. The van der Waals surface area contributed by atoms with Gasteiger partial charge in [0, 0.05) is 25.2 Å². The van der Waals surface area contributed by atoms with E-state index in [-0.39, 0.29) is 11.2 Å². The van der Waals surface area contributed by atoms with Gasteiger partial charge in [-0.3, -0.25) is 4.79 Å². The molecule has 0 radical (unpaired) electrons. The summed E-state index contributed by atoms with van der Waals surface area (Å²) < 4.78 is 0. The molecule has 2 heterocycles. The number of nitrogens with one attached hydrogen (secondary N) is 1. The monoisotopic (exact) mass is 291 g/mol. The van der Waals surface area contributed by atoms with Gasteiger partial charge < -0.3 is 16.0 Å². The van der Waals surface area contributed by atoms with E-state index < -0.39 is 5.91 Å². The SMILES string of the molecule is CC(C)(C)NCC1CCCN(c2ccc(C(N)=O)nn2)C1. The Balaban J connectivity index is 1.95. The predicted octanol–water partition coefficient (Wildman–Crippen LogP) is 1.18. The third kappa shape index (κ3) is 4.67. The van der Waals surface area contributed by atoms with Crippen LogP contribution in [0.4, 0.5) is 5.82 Å². The van der Waals surface area contributed by atoms with E-state index in [9.17, 15) is 4.79 Å². The van der Waals surface area contributed by atoms with Crippen molar-refractivity contribution in [3.8, 4) is 0 Å². The molecule has 0 spiro atoms. The highest BCUT2D eigenvalue weighted by Gasteiger charge is 2.22. The maximum Gasteiger partial charge on any atom is 0.269 e. The molecule has 1 saturated heterocycles. The molecule has 0 bridgehead atoms. The fourth-order valence-electron chi connectivity index (χ4n) is 2.52. The summed E-state index contributed by atoms with van der Waals surface area (Å²) in [6, 6.07) is 3.47. The molecule has 6 heteroatoms. The fourth-order valence-corrected chi connectivity index (χ4v) is 2.52. The Morgan fingerprint density at radius 1 is 1.43 bits per heavy atom. The summed E-state index contributed by atoms with van der Waals surface area (Å²) in [6.07, 6.45) is 2.38. The molecule has 0 aliphatic carbocycles. The second-order valence-electron chi connectivity index (χ2n) is 6.73. The maximum absolute atomic E-state index is 11.0. The molecule has 1 aromatic heterocycles. The number of aromatic nitrogens is 2. The molecule has 1 amide bonds. The van der Waals surface area contributed by atoms with E-state index in [1.165, 1.54) is 6.42 Å². The van der Waals surface area contributed by atoms with Crippen LogP contribution in [0.2, 0.25) is 0 Å². The number of carbonyl (C=O) groups excluding carboxylic acids is 1. The standard InChI is InChI=1S/C15H25N5O/c1-15(2,3)17-9-11-5-4-8-20(10-11)13-7-6-12(14(16)21)18-19-13/h6-7,11,17H,4-5,8-10H2,1-3H3,(H2,16,21). The minimum Gasteiger partial charge on any atom is -0.364 e. The van der Waals surface area contributed by atoms with Crippen LogP contribution in [-0.4, -0.2) is 41.3 Å². The molecule has 0 saturated carbocycles. The first-order chi connectivity index (χ1) is 9.85. The van der Waals surface area contributed by atoms with Gasteiger partial charge in [-0.2, -0.15) is 0 Å². The minimum atomic E-state index is -0.542. The highest BCUT2D eigenvalue weighted by molar-refractivity contribution is 5.90. The highest BCUT2D eigenvalue weighted by Crippen LogP contribution is 2.21. The molecular weight excluding hydrogens is 266 g/mol. The molecule has 1 aliphatic heterocycles. The van der Waals surface area contributed by atoms with Crippen molar-refractivity contribution in [3.05, 3.63) is 17.8 Å². The summed E-state index contributed by atoms with van der Waals surface area (Å²) in [5.74, 6) is 0.885. The number of amides is 1. The van der Waals surface area contributed by atoms with Crippen LogP contribution in [0.15, 0.2) is 12.1 Å². The summed E-state index contributed by atoms with van der Waals surface area (Å²) in [6.45, 7) is 9.50. The van der Waals surface area contributed by atoms with E-state index >= 15 is 0 Å². The van der Waals surface area contributed by atoms with Crippen molar-refractivity contribution in [3.63, 3.8) is 0 Å². The van der Waals surface area contributed by atoms with Crippen molar-refractivity contribution in [2.75, 3.05) is 24.5 Å². The third-order valence-electron chi connectivity index (χ3n) is 3.67. The van der Waals surface area contributed by atoms with Gasteiger partial charge in [0.05, 0.1) is 0 Å². The first-order valence-corrected chi connectivity index (χ1v) is 7.49. The number of carbonyl (C=O) groups is 1. The van der Waals surface area contributed by atoms with Gasteiger partial charge in [0.15, 0.2) is 11.5 Å². The van der Waals surface area contributed by atoms with Crippen LogP contribution in [0, 0.1) is 5.92 Å². The van der Waals surface area contributed by atoms with Crippen LogP contribution in [-0.2, 0) is 0 Å². The lowest BCUT2D eigenvalue weighted by molar-refractivity contribution is 0.0994. The summed E-state index contributed by atoms with van der Waals surface area (Å²) >= 11 is 0. The summed E-state index contributed by atoms with van der Waals surface area (Å²) in [5.41, 5.74) is 5.54. The van der Waals surface area contributed by atoms with Gasteiger partial charge in [-0.1, -0.05) is 0 Å². The molecule has 1 unspecified atom stereocenters. The Kier molecular flexibility index (Phi) is 4.77. The number of hydrogen-bond acceptors (Lipinski definition) is 5. The molecule has 6 nitrogen and oxygen atoms in total. The normalized spacial score (nSPS) is 19.6. The minimum absolute atomic E-state index is 0.144. The zero-order valence-corrected chi connectivity index (χ0v) is 13.1. The number of nitrogens with zero attached hydrogens (tertiary/aromatic N) is 3. The lowest BCUT2D eigenvalue weighted by Gasteiger charge is -2.35. The van der Waals surface area contributed by atoms with Crippen molar-refractivity contribution >= 4 is 11.7 Å². The Morgan fingerprint density at radius 2 is 2.19 bits per heavy atom. The molecule has 21 heavy (non-hydrogen) atoms. The number of primary amides is 1. The van der Waals surface area contributed by atoms with Crippen molar-refractivity contribution in [2.24, 2.45) is 11.7 Å². The Morgan fingerprint density at radius 3 is 2.76 bits per heavy atom. The van der Waals surface area contributed by atoms with Crippen molar-refractivity contribution in [2.45, 2.75) is 39.2 Å². The number of hydrogen-bond donors (Lipinski definition) is 2. The van der Waals surface area contributed by atoms with E-state index in [4.69, 9.17) is 5.73 Å². The predicted molar refractivity (Wildman–Crippen MR) is 83.2 cm³/mol. The molecular formula is C15H25N5O. The highest BCUT2D eigenvalue weighted by atomic mass is 16.1. The summed E-state index contributed by atoms with van der Waals surface area (Å²) in [4.78, 5) is 13.2. The van der Waals surface area contributed by atoms with Crippen LogP contribution < -0.4 is 16.0 Å². The van der Waals surface area contributed by atoms with E-state index in [0.717, 1.165) is 31.9 Å². The van der Waals surface area contributed by atoms with E-state index in [0.29, 0.717) is 5.92 Å². The van der Waals surface area contributed by atoms with Crippen LogP contribution in [0.5, 0.6) is 0 Å². The molecule has 116 valence electrons. The van der Waals surface area contributed by atoms with Crippen molar-refractivity contribution in [1.29, 1.82) is 0 Å². The molecule has 3 N–H and O–H groups in total. The molecule has 1 atom stereocenters. The van der Waals surface area contributed by atoms with Gasteiger partial charge in [-0.25, -0.2) is 0 Å². The fraction of sp³-hybridized carbons (Fsp3) is 0.667. The second kappa shape index (κ2) is 6.39. The second-order valence-corrected chi connectivity index (χ2v) is 6.73. The van der Waals surface area contributed by atoms with Crippen molar-refractivity contribution in [1.82, 2.24) is 15.5 Å². The topological polar surface area (TPSA) is 84.1 Å². The molecule has 2 rings (SSSR count). The molecule has 1 aromatic rings. The van der Waals surface area contributed by atoms with Crippen molar-refractivity contribution < 1.29 is 4.79 Å². The number of piperidine rings is 1. The zero-order valence-electron chi connectivity index (χ0n) is 13.1. The molecule has 0 aromatic carbocycles. The number of anilines is 1. The van der Waals surface area contributed by atoms with Crippen LogP contribution in [0.1, 0.15) is 44.1 Å². The van der Waals surface area contributed by atoms with Gasteiger partial charge in [0.2, 0.25) is 0 Å². The number of rotatable bonds is 4. The zero-order chi connectivity index (χ0) is 15.5. The Bertz CT molecular complexity index is 480. The average molecular weight is 291 g/mol. The smallest absolute Gasteiger partial charge is 0.269 e. The van der Waals surface area contributed by atoms with Crippen LogP contribution in [0.25, 0.3) is 0 Å². The molecule has 1 aliphatic rings. The summed E-state index contributed by atoms with van der Waals surface area (Å²) in [5, 5.41) is 11.6. The summed E-state index contributed by atoms with van der Waals surface area (Å²) in [7, 11) is 0. The Labute approximate surface area is 126 Å². The first-order valence-electron chi connectivity index (χ1n) is 7.49.